The Bertz CT molecular complexity index is 171. The van der Waals surface area contributed by atoms with E-state index < -0.39 is 0 Å². The van der Waals surface area contributed by atoms with Gasteiger partial charge in [0.05, 0.1) is 0 Å². The summed E-state index contributed by atoms with van der Waals surface area (Å²) in [5, 5.41) is 0. The molecule has 0 spiro atoms. The molecule has 0 aliphatic heterocycles. The minimum Gasteiger partial charge on any atom is -0.0654 e. The fourth-order valence-electron chi connectivity index (χ4n) is 3.23. The zero-order chi connectivity index (χ0) is 13.4. The third-order valence-electron chi connectivity index (χ3n) is 4.89. The lowest BCUT2D eigenvalue weighted by atomic mass is 9.71. The molecule has 0 nitrogen and oxygen atoms in total. The van der Waals surface area contributed by atoms with Crippen LogP contribution in [0.3, 0.4) is 0 Å². The van der Waals surface area contributed by atoms with Gasteiger partial charge in [0.15, 0.2) is 0 Å². The molecule has 17 heavy (non-hydrogen) atoms. The van der Waals surface area contributed by atoms with Crippen molar-refractivity contribution in [1.29, 1.82) is 0 Å². The van der Waals surface area contributed by atoms with Gasteiger partial charge in [-0.05, 0) is 29.6 Å². The molecule has 0 N–H and O–H groups in total. The van der Waals surface area contributed by atoms with E-state index in [9.17, 15) is 0 Å². The van der Waals surface area contributed by atoms with Gasteiger partial charge in [0, 0.05) is 0 Å². The first-order valence-corrected chi connectivity index (χ1v) is 7.95. The molecule has 0 aromatic rings. The number of hydrogen-bond donors (Lipinski definition) is 0. The van der Waals surface area contributed by atoms with Gasteiger partial charge < -0.3 is 0 Å². The standard InChI is InChI=1S/C17H36/c1-8-10-12-14(5)15(6)16(7)17(11-9-2)13(3)4/h13-17H,8-12H2,1-7H3. The Morgan fingerprint density at radius 1 is 0.706 bits per heavy atom. The van der Waals surface area contributed by atoms with Gasteiger partial charge in [-0.1, -0.05) is 80.6 Å². The molecule has 0 rings (SSSR count). The Hall–Kier alpha value is 0. The Kier molecular flexibility index (Phi) is 9.00. The third kappa shape index (κ3) is 5.93. The lowest BCUT2D eigenvalue weighted by molar-refractivity contribution is 0.147. The zero-order valence-electron chi connectivity index (χ0n) is 13.4. The first-order valence-electron chi connectivity index (χ1n) is 7.95. The topological polar surface area (TPSA) is 0 Å². The van der Waals surface area contributed by atoms with Crippen LogP contribution >= 0.6 is 0 Å². The first kappa shape index (κ1) is 17.0. The minimum absolute atomic E-state index is 0.839. The van der Waals surface area contributed by atoms with Crippen molar-refractivity contribution in [3.05, 3.63) is 0 Å². The molecular formula is C17H36. The van der Waals surface area contributed by atoms with Crippen molar-refractivity contribution < 1.29 is 0 Å². The summed E-state index contributed by atoms with van der Waals surface area (Å²) in [6.07, 6.45) is 6.90. The summed E-state index contributed by atoms with van der Waals surface area (Å²) in [5.74, 6) is 4.40. The van der Waals surface area contributed by atoms with Crippen LogP contribution in [0.4, 0.5) is 0 Å². The molecule has 0 aliphatic rings. The van der Waals surface area contributed by atoms with Crippen molar-refractivity contribution in [1.82, 2.24) is 0 Å². The van der Waals surface area contributed by atoms with E-state index in [1.165, 1.54) is 32.1 Å². The van der Waals surface area contributed by atoms with Crippen LogP contribution in [0.2, 0.25) is 0 Å². The molecule has 0 fully saturated rings. The van der Waals surface area contributed by atoms with Crippen molar-refractivity contribution in [3.63, 3.8) is 0 Å². The van der Waals surface area contributed by atoms with Gasteiger partial charge >= 0.3 is 0 Å². The summed E-state index contributed by atoms with van der Waals surface area (Å²) in [6, 6.07) is 0. The average Bonchev–Trinajstić information content (AvgIpc) is 2.30. The minimum atomic E-state index is 0.839. The second-order valence-electron chi connectivity index (χ2n) is 6.53. The smallest absolute Gasteiger partial charge is 0.0363 e. The summed E-state index contributed by atoms with van der Waals surface area (Å²) in [4.78, 5) is 0. The van der Waals surface area contributed by atoms with E-state index >= 15 is 0 Å². The summed E-state index contributed by atoms with van der Waals surface area (Å²) in [5.41, 5.74) is 0. The SMILES string of the molecule is CCCCC(C)C(C)C(C)C(CCC)C(C)C. The van der Waals surface area contributed by atoms with Crippen molar-refractivity contribution >= 4 is 0 Å². The highest BCUT2D eigenvalue weighted by atomic mass is 14.3. The van der Waals surface area contributed by atoms with Gasteiger partial charge in [0.25, 0.3) is 0 Å². The van der Waals surface area contributed by atoms with Crippen molar-refractivity contribution in [2.45, 2.75) is 80.6 Å². The van der Waals surface area contributed by atoms with Gasteiger partial charge in [-0.15, -0.1) is 0 Å². The van der Waals surface area contributed by atoms with Crippen LogP contribution in [0.15, 0.2) is 0 Å². The zero-order valence-corrected chi connectivity index (χ0v) is 13.4. The highest BCUT2D eigenvalue weighted by Gasteiger charge is 2.27. The molecular weight excluding hydrogens is 204 g/mol. The van der Waals surface area contributed by atoms with Crippen molar-refractivity contribution in [2.75, 3.05) is 0 Å². The Balaban J connectivity index is 4.36. The summed E-state index contributed by atoms with van der Waals surface area (Å²) in [7, 11) is 0. The van der Waals surface area contributed by atoms with Crippen molar-refractivity contribution in [3.8, 4) is 0 Å². The number of hydrogen-bond acceptors (Lipinski definition) is 0. The molecule has 0 aliphatic carbocycles. The van der Waals surface area contributed by atoms with E-state index in [-0.39, 0.29) is 0 Å². The molecule has 4 unspecified atom stereocenters. The quantitative estimate of drug-likeness (QED) is 0.453. The summed E-state index contributed by atoms with van der Waals surface area (Å²) in [6.45, 7) is 16.9. The van der Waals surface area contributed by atoms with Crippen LogP contribution < -0.4 is 0 Å². The molecule has 0 saturated heterocycles. The molecule has 0 saturated carbocycles. The monoisotopic (exact) mass is 240 g/mol. The molecule has 0 bridgehead atoms. The highest BCUT2D eigenvalue weighted by Crippen LogP contribution is 2.35. The maximum Gasteiger partial charge on any atom is -0.0363 e. The summed E-state index contributed by atoms with van der Waals surface area (Å²) >= 11 is 0. The molecule has 0 amide bonds. The molecule has 104 valence electrons. The fourth-order valence-corrected chi connectivity index (χ4v) is 3.23. The van der Waals surface area contributed by atoms with Crippen LogP contribution in [0.1, 0.15) is 80.6 Å². The van der Waals surface area contributed by atoms with Crippen LogP contribution in [-0.2, 0) is 0 Å². The van der Waals surface area contributed by atoms with Gasteiger partial charge in [-0.3, -0.25) is 0 Å². The maximum absolute atomic E-state index is 2.49. The molecule has 0 heterocycles. The van der Waals surface area contributed by atoms with E-state index in [1.807, 2.05) is 0 Å². The van der Waals surface area contributed by atoms with E-state index in [2.05, 4.69) is 48.5 Å². The molecule has 4 atom stereocenters. The van der Waals surface area contributed by atoms with Crippen molar-refractivity contribution in [2.24, 2.45) is 29.6 Å². The second-order valence-corrected chi connectivity index (χ2v) is 6.53. The van der Waals surface area contributed by atoms with Crippen LogP contribution in [0.25, 0.3) is 0 Å². The molecule has 0 radical (unpaired) electrons. The Labute approximate surface area is 111 Å². The van der Waals surface area contributed by atoms with Crippen LogP contribution in [-0.4, -0.2) is 0 Å². The number of rotatable bonds is 9. The predicted molar refractivity (Wildman–Crippen MR) is 80.3 cm³/mol. The van der Waals surface area contributed by atoms with E-state index in [0.29, 0.717) is 0 Å². The second kappa shape index (κ2) is 9.00. The average molecular weight is 240 g/mol. The first-order chi connectivity index (χ1) is 7.95. The highest BCUT2D eigenvalue weighted by molar-refractivity contribution is 4.76. The van der Waals surface area contributed by atoms with Crippen LogP contribution in [0, 0.1) is 29.6 Å². The van der Waals surface area contributed by atoms with E-state index in [0.717, 1.165) is 29.6 Å². The largest absolute Gasteiger partial charge is 0.0654 e. The Morgan fingerprint density at radius 2 is 1.29 bits per heavy atom. The third-order valence-corrected chi connectivity index (χ3v) is 4.89. The number of unbranched alkanes of at least 4 members (excludes halogenated alkanes) is 1. The predicted octanol–water partition coefficient (Wildman–Crippen LogP) is 6.16. The van der Waals surface area contributed by atoms with Gasteiger partial charge in [0.1, 0.15) is 0 Å². The van der Waals surface area contributed by atoms with E-state index in [4.69, 9.17) is 0 Å². The molecule has 0 heteroatoms. The lowest BCUT2D eigenvalue weighted by Gasteiger charge is -2.35. The van der Waals surface area contributed by atoms with Gasteiger partial charge in [-0.2, -0.15) is 0 Å². The molecule has 0 aromatic heterocycles. The molecule has 0 aromatic carbocycles. The van der Waals surface area contributed by atoms with Crippen LogP contribution in [0.5, 0.6) is 0 Å². The van der Waals surface area contributed by atoms with Gasteiger partial charge in [-0.25, -0.2) is 0 Å². The summed E-state index contributed by atoms with van der Waals surface area (Å²) < 4.78 is 0. The lowest BCUT2D eigenvalue weighted by Crippen LogP contribution is -2.27. The fraction of sp³-hybridized carbons (Fsp3) is 1.00. The van der Waals surface area contributed by atoms with Gasteiger partial charge in [0.2, 0.25) is 0 Å². The maximum atomic E-state index is 2.49. The van der Waals surface area contributed by atoms with E-state index in [1.54, 1.807) is 0 Å². The normalized spacial score (nSPS) is 19.1. The Morgan fingerprint density at radius 3 is 1.71 bits per heavy atom.